The normalized spacial score (nSPS) is 8.90. The van der Waals surface area contributed by atoms with Crippen LogP contribution in [0, 0.1) is 0 Å². The Hall–Kier alpha value is -1.09. The summed E-state index contributed by atoms with van der Waals surface area (Å²) in [5, 5.41) is 0. The van der Waals surface area contributed by atoms with E-state index in [9.17, 15) is 4.79 Å². The lowest BCUT2D eigenvalue weighted by Gasteiger charge is -1.94. The van der Waals surface area contributed by atoms with Gasteiger partial charge in [-0.3, -0.25) is 4.98 Å². The lowest BCUT2D eigenvalue weighted by atomic mass is 10.5. The number of pyridine rings is 1. The summed E-state index contributed by atoms with van der Waals surface area (Å²) in [5.74, 6) is 0.350. The number of carbonyl (C=O) groups is 1. The molecule has 0 saturated carbocycles. The minimum absolute atomic E-state index is 0.350. The fourth-order valence-electron chi connectivity index (χ4n) is 0.500. The molecule has 0 atom stereocenters. The van der Waals surface area contributed by atoms with E-state index in [1.165, 1.54) is 6.20 Å². The first-order valence-electron chi connectivity index (χ1n) is 2.56. The zero-order valence-corrected chi connectivity index (χ0v) is 5.71. The zero-order valence-electron chi connectivity index (χ0n) is 4.95. The maximum absolute atomic E-state index is 10.1. The van der Waals surface area contributed by atoms with Gasteiger partial charge in [0.25, 0.3) is 0 Å². The van der Waals surface area contributed by atoms with Crippen molar-refractivity contribution < 1.29 is 9.53 Å². The number of ether oxygens (including phenoxy) is 1. The van der Waals surface area contributed by atoms with Gasteiger partial charge in [-0.2, -0.15) is 0 Å². The van der Waals surface area contributed by atoms with Crippen molar-refractivity contribution in [3.63, 3.8) is 0 Å². The second kappa shape index (κ2) is 3.17. The van der Waals surface area contributed by atoms with Crippen LogP contribution < -0.4 is 4.74 Å². The molecule has 0 aliphatic heterocycles. The summed E-state index contributed by atoms with van der Waals surface area (Å²) in [6.07, 6.45) is 2.98. The van der Waals surface area contributed by atoms with Crippen LogP contribution in [0.4, 0.5) is 4.79 Å². The maximum atomic E-state index is 10.1. The van der Waals surface area contributed by atoms with Gasteiger partial charge in [-0.05, 0) is 12.1 Å². The number of halogens is 1. The lowest BCUT2D eigenvalue weighted by molar-refractivity contribution is 0.225. The van der Waals surface area contributed by atoms with E-state index >= 15 is 0 Å². The van der Waals surface area contributed by atoms with Crippen LogP contribution in [0.25, 0.3) is 0 Å². The van der Waals surface area contributed by atoms with Gasteiger partial charge in [0.05, 0.1) is 6.20 Å². The van der Waals surface area contributed by atoms with Gasteiger partial charge in [-0.15, -0.1) is 0 Å². The standard InChI is InChI=1S/C6H4ClNO2/c7-6(9)10-5-2-1-3-8-4-5/h1-4H. The quantitative estimate of drug-likeness (QED) is 0.584. The Morgan fingerprint density at radius 3 is 3.00 bits per heavy atom. The van der Waals surface area contributed by atoms with E-state index in [0.717, 1.165) is 0 Å². The second-order valence-corrected chi connectivity index (χ2v) is 1.84. The van der Waals surface area contributed by atoms with Gasteiger partial charge in [0.15, 0.2) is 0 Å². The topological polar surface area (TPSA) is 39.2 Å². The molecule has 0 amide bonds. The van der Waals surface area contributed by atoms with E-state index in [-0.39, 0.29) is 0 Å². The summed E-state index contributed by atoms with van der Waals surface area (Å²) in [5.41, 5.74) is -0.854. The highest BCUT2D eigenvalue weighted by molar-refractivity contribution is 6.61. The van der Waals surface area contributed by atoms with E-state index in [4.69, 9.17) is 11.6 Å². The first-order chi connectivity index (χ1) is 4.79. The van der Waals surface area contributed by atoms with Crippen LogP contribution in [0.5, 0.6) is 5.75 Å². The molecule has 0 fully saturated rings. The number of rotatable bonds is 1. The summed E-state index contributed by atoms with van der Waals surface area (Å²) in [6.45, 7) is 0. The van der Waals surface area contributed by atoms with Crippen molar-refractivity contribution >= 4 is 17.0 Å². The largest absolute Gasteiger partial charge is 0.413 e. The van der Waals surface area contributed by atoms with Crippen molar-refractivity contribution in [3.05, 3.63) is 24.5 Å². The molecule has 3 nitrogen and oxygen atoms in total. The van der Waals surface area contributed by atoms with Gasteiger partial charge < -0.3 is 4.74 Å². The highest BCUT2D eigenvalue weighted by atomic mass is 35.5. The van der Waals surface area contributed by atoms with Crippen molar-refractivity contribution in [1.29, 1.82) is 0 Å². The van der Waals surface area contributed by atoms with E-state index in [2.05, 4.69) is 9.72 Å². The lowest BCUT2D eigenvalue weighted by Crippen LogP contribution is -1.95. The number of hydrogen-bond donors (Lipinski definition) is 0. The Balaban J connectivity index is 2.67. The molecule has 4 heteroatoms. The third-order valence-corrected chi connectivity index (χ3v) is 0.910. The Kier molecular flexibility index (Phi) is 2.23. The monoisotopic (exact) mass is 157 g/mol. The Bertz CT molecular complexity index is 224. The molecule has 1 aromatic rings. The molecule has 52 valence electrons. The molecule has 0 aliphatic carbocycles. The average Bonchev–Trinajstić information content (AvgIpc) is 1.88. The average molecular weight is 158 g/mol. The van der Waals surface area contributed by atoms with E-state index < -0.39 is 5.43 Å². The van der Waals surface area contributed by atoms with Crippen LogP contribution in [0.15, 0.2) is 24.5 Å². The molecule has 1 aromatic heterocycles. The molecule has 0 spiro atoms. The fourth-order valence-corrected chi connectivity index (χ4v) is 0.589. The predicted molar refractivity (Wildman–Crippen MR) is 36.1 cm³/mol. The van der Waals surface area contributed by atoms with Crippen LogP contribution in [0.2, 0.25) is 0 Å². The van der Waals surface area contributed by atoms with Crippen molar-refractivity contribution in [2.24, 2.45) is 0 Å². The van der Waals surface area contributed by atoms with Crippen LogP contribution in [0.1, 0.15) is 0 Å². The second-order valence-electron chi connectivity index (χ2n) is 1.53. The van der Waals surface area contributed by atoms with Crippen LogP contribution in [-0.2, 0) is 0 Å². The number of aromatic nitrogens is 1. The summed E-state index contributed by atoms with van der Waals surface area (Å²) < 4.78 is 4.48. The Morgan fingerprint density at radius 1 is 1.70 bits per heavy atom. The van der Waals surface area contributed by atoms with Crippen LogP contribution in [0.3, 0.4) is 0 Å². The predicted octanol–water partition coefficient (Wildman–Crippen LogP) is 1.82. The molecule has 0 N–H and O–H groups in total. The van der Waals surface area contributed by atoms with E-state index in [0.29, 0.717) is 5.75 Å². The molecule has 0 unspecified atom stereocenters. The summed E-state index contributed by atoms with van der Waals surface area (Å²) in [6, 6.07) is 3.24. The van der Waals surface area contributed by atoms with Gasteiger partial charge >= 0.3 is 5.43 Å². The Morgan fingerprint density at radius 2 is 2.50 bits per heavy atom. The SMILES string of the molecule is O=C(Cl)Oc1cccnc1. The molecule has 10 heavy (non-hydrogen) atoms. The molecule has 0 radical (unpaired) electrons. The Labute approximate surface area is 62.6 Å². The summed E-state index contributed by atoms with van der Waals surface area (Å²) in [7, 11) is 0. The van der Waals surface area contributed by atoms with Crippen molar-refractivity contribution in [3.8, 4) is 5.75 Å². The van der Waals surface area contributed by atoms with Crippen molar-refractivity contribution in [2.45, 2.75) is 0 Å². The number of hydrogen-bond acceptors (Lipinski definition) is 3. The van der Waals surface area contributed by atoms with Crippen molar-refractivity contribution in [1.82, 2.24) is 4.98 Å². The van der Waals surface area contributed by atoms with Crippen molar-refractivity contribution in [2.75, 3.05) is 0 Å². The number of carbonyl (C=O) groups excluding carboxylic acids is 1. The zero-order chi connectivity index (χ0) is 7.40. The van der Waals surface area contributed by atoms with Crippen LogP contribution >= 0.6 is 11.6 Å². The molecular weight excluding hydrogens is 154 g/mol. The smallest absolute Gasteiger partial charge is 0.409 e. The van der Waals surface area contributed by atoms with Gasteiger partial charge in [-0.1, -0.05) is 0 Å². The molecular formula is C6H4ClNO2. The molecule has 0 bridgehead atoms. The summed E-state index contributed by atoms with van der Waals surface area (Å²) >= 11 is 4.92. The van der Waals surface area contributed by atoms with Gasteiger partial charge in [0.1, 0.15) is 5.75 Å². The molecule has 0 saturated heterocycles. The van der Waals surface area contributed by atoms with E-state index in [1.807, 2.05) is 0 Å². The molecule has 1 heterocycles. The van der Waals surface area contributed by atoms with Crippen LogP contribution in [-0.4, -0.2) is 10.4 Å². The van der Waals surface area contributed by atoms with E-state index in [1.54, 1.807) is 18.3 Å². The minimum Gasteiger partial charge on any atom is -0.413 e. The number of nitrogens with zero attached hydrogens (tertiary/aromatic N) is 1. The maximum Gasteiger partial charge on any atom is 0.409 e. The van der Waals surface area contributed by atoms with Gasteiger partial charge in [0.2, 0.25) is 0 Å². The molecule has 0 aliphatic rings. The first kappa shape index (κ1) is 7.02. The minimum atomic E-state index is -0.854. The highest BCUT2D eigenvalue weighted by Gasteiger charge is 1.96. The fraction of sp³-hybridized carbons (Fsp3) is 0. The first-order valence-corrected chi connectivity index (χ1v) is 2.94. The van der Waals surface area contributed by atoms with Gasteiger partial charge in [0, 0.05) is 17.8 Å². The third-order valence-electron chi connectivity index (χ3n) is 0.832. The third kappa shape index (κ3) is 2.03. The molecule has 0 aromatic carbocycles. The molecule has 1 rings (SSSR count). The summed E-state index contributed by atoms with van der Waals surface area (Å²) in [4.78, 5) is 13.8. The highest BCUT2D eigenvalue weighted by Crippen LogP contribution is 2.07. The van der Waals surface area contributed by atoms with Gasteiger partial charge in [-0.25, -0.2) is 4.79 Å².